The smallest absolute Gasteiger partial charge is 0.141 e. The van der Waals surface area contributed by atoms with Crippen molar-refractivity contribution in [3.05, 3.63) is 112 Å². The lowest BCUT2D eigenvalue weighted by Crippen LogP contribution is -2.27. The van der Waals surface area contributed by atoms with Gasteiger partial charge in [0.05, 0.1) is 5.69 Å². The van der Waals surface area contributed by atoms with E-state index in [0.717, 1.165) is 11.1 Å². The Labute approximate surface area is 128 Å². The number of hydrogen-bond acceptors (Lipinski definition) is 2. The zero-order valence-corrected chi connectivity index (χ0v) is 11.9. The summed E-state index contributed by atoms with van der Waals surface area (Å²) in [4.78, 5) is 7.58. The van der Waals surface area contributed by atoms with E-state index < -0.39 is 5.54 Å². The summed E-state index contributed by atoms with van der Waals surface area (Å²) in [5.41, 5.74) is 10.7. The van der Waals surface area contributed by atoms with E-state index in [1.165, 1.54) is 0 Å². The molecule has 4 heteroatoms. The second kappa shape index (κ2) is 6.12. The molecule has 0 aliphatic carbocycles. The van der Waals surface area contributed by atoms with Gasteiger partial charge in [-0.1, -0.05) is 71.8 Å². The number of rotatable bonds is 4. The molecule has 0 radical (unpaired) electrons. The largest absolute Gasteiger partial charge is 0.260 e. The molecule has 0 N–H and O–H groups in total. The first-order chi connectivity index (χ1) is 10.9. The minimum absolute atomic E-state index is 0.699. The minimum Gasteiger partial charge on any atom is -0.260 e. The fourth-order valence-electron chi connectivity index (χ4n) is 2.63. The highest BCUT2D eigenvalue weighted by atomic mass is 15.2. The first-order valence-corrected chi connectivity index (χ1v) is 6.97. The van der Waals surface area contributed by atoms with Gasteiger partial charge in [-0.2, -0.15) is 0 Å². The van der Waals surface area contributed by atoms with Crippen molar-refractivity contribution in [3.63, 3.8) is 0 Å². The molecule has 0 saturated carbocycles. The van der Waals surface area contributed by atoms with Crippen LogP contribution in [0.1, 0.15) is 16.8 Å². The predicted molar refractivity (Wildman–Crippen MR) is 86.1 cm³/mol. The Morgan fingerprint density at radius 1 is 0.773 bits per heavy atom. The van der Waals surface area contributed by atoms with E-state index in [4.69, 9.17) is 0 Å². The average molecular weight is 286 g/mol. The molecule has 0 spiro atoms. The van der Waals surface area contributed by atoms with E-state index in [0.29, 0.717) is 5.69 Å². The van der Waals surface area contributed by atoms with Gasteiger partial charge in [0.2, 0.25) is 0 Å². The molecule has 0 unspecified atom stereocenters. The molecule has 1 aromatic heterocycles. The monoisotopic (exact) mass is 286 g/mol. The molecule has 0 saturated heterocycles. The lowest BCUT2D eigenvalue weighted by Gasteiger charge is -2.29. The molecule has 0 aliphatic rings. The van der Waals surface area contributed by atoms with Crippen molar-refractivity contribution in [3.8, 4) is 0 Å². The Bertz CT molecular complexity index is 682. The third-order valence-electron chi connectivity index (χ3n) is 3.61. The fourth-order valence-corrected chi connectivity index (χ4v) is 2.63. The lowest BCUT2D eigenvalue weighted by molar-refractivity contribution is 0.624. The van der Waals surface area contributed by atoms with Gasteiger partial charge in [-0.15, -0.1) is 0 Å². The molecule has 0 bridgehead atoms. The molecule has 0 aliphatic heterocycles. The zero-order valence-electron chi connectivity index (χ0n) is 11.9. The molecule has 1 heterocycles. The van der Waals surface area contributed by atoms with E-state index in [1.54, 1.807) is 6.20 Å². The van der Waals surface area contributed by atoms with Crippen LogP contribution in [0.2, 0.25) is 0 Å². The van der Waals surface area contributed by atoms with E-state index >= 15 is 0 Å². The van der Waals surface area contributed by atoms with Crippen LogP contribution in [-0.2, 0) is 5.54 Å². The van der Waals surface area contributed by atoms with Gasteiger partial charge < -0.3 is 0 Å². The number of pyridine rings is 1. The number of nitrogens with zero attached hydrogens (tertiary/aromatic N) is 4. The quantitative estimate of drug-likeness (QED) is 0.390. The van der Waals surface area contributed by atoms with Crippen LogP contribution >= 0.6 is 0 Å². The van der Waals surface area contributed by atoms with Crippen LogP contribution in [0.4, 0.5) is 0 Å². The number of benzene rings is 2. The predicted octanol–water partition coefficient (Wildman–Crippen LogP) is 4.68. The van der Waals surface area contributed by atoms with Gasteiger partial charge in [0, 0.05) is 11.1 Å². The van der Waals surface area contributed by atoms with Crippen molar-refractivity contribution >= 4 is 0 Å². The first kappa shape index (κ1) is 13.9. The van der Waals surface area contributed by atoms with Crippen LogP contribution in [0.25, 0.3) is 10.4 Å². The second-order valence-electron chi connectivity index (χ2n) is 4.85. The number of azide groups is 1. The summed E-state index contributed by atoms with van der Waals surface area (Å²) in [5.74, 6) is 0. The van der Waals surface area contributed by atoms with Crippen LogP contribution in [0, 0.1) is 0 Å². The van der Waals surface area contributed by atoms with Gasteiger partial charge in [-0.05, 0) is 28.8 Å². The summed E-state index contributed by atoms with van der Waals surface area (Å²) in [7, 11) is 0. The highest BCUT2D eigenvalue weighted by Gasteiger charge is 2.36. The molecule has 0 atom stereocenters. The fraction of sp³-hybridized carbons (Fsp3) is 0.0556. The average Bonchev–Trinajstić information content (AvgIpc) is 2.62. The highest BCUT2D eigenvalue weighted by molar-refractivity contribution is 5.47. The molecule has 22 heavy (non-hydrogen) atoms. The van der Waals surface area contributed by atoms with Gasteiger partial charge in [0.15, 0.2) is 0 Å². The van der Waals surface area contributed by atoms with Crippen molar-refractivity contribution in [1.82, 2.24) is 4.98 Å². The Hall–Kier alpha value is -3.10. The summed E-state index contributed by atoms with van der Waals surface area (Å²) in [5, 5.41) is 4.18. The Morgan fingerprint density at radius 3 is 1.77 bits per heavy atom. The topological polar surface area (TPSA) is 61.7 Å². The van der Waals surface area contributed by atoms with Gasteiger partial charge in [-0.3, -0.25) is 4.98 Å². The van der Waals surface area contributed by atoms with Crippen LogP contribution in [0.3, 0.4) is 0 Å². The van der Waals surface area contributed by atoms with E-state index in [2.05, 4.69) is 15.0 Å². The normalized spacial score (nSPS) is 10.7. The SMILES string of the molecule is [N-]=[N+]=NC(c1ccccc1)(c1ccccc1)c1ccccn1. The van der Waals surface area contributed by atoms with Crippen LogP contribution in [0.5, 0.6) is 0 Å². The Kier molecular flexibility index (Phi) is 3.86. The number of aromatic nitrogens is 1. The van der Waals surface area contributed by atoms with Crippen molar-refractivity contribution in [1.29, 1.82) is 0 Å². The Balaban J connectivity index is 2.37. The van der Waals surface area contributed by atoms with Crippen LogP contribution in [0.15, 0.2) is 90.2 Å². The van der Waals surface area contributed by atoms with Crippen LogP contribution in [-0.4, -0.2) is 4.98 Å². The molecule has 2 aromatic carbocycles. The zero-order chi connectivity index (χ0) is 15.3. The minimum atomic E-state index is -0.974. The van der Waals surface area contributed by atoms with Crippen molar-refractivity contribution < 1.29 is 0 Å². The molecule has 106 valence electrons. The molecule has 3 rings (SSSR count). The maximum atomic E-state index is 9.22. The summed E-state index contributed by atoms with van der Waals surface area (Å²) in [6, 6.07) is 25.1. The van der Waals surface area contributed by atoms with E-state index in [9.17, 15) is 5.53 Å². The molecule has 3 aromatic rings. The van der Waals surface area contributed by atoms with E-state index in [-0.39, 0.29) is 0 Å². The van der Waals surface area contributed by atoms with Crippen molar-refractivity contribution in [2.45, 2.75) is 5.54 Å². The third kappa shape index (κ3) is 2.32. The van der Waals surface area contributed by atoms with Gasteiger partial charge in [0.25, 0.3) is 0 Å². The maximum Gasteiger partial charge on any atom is 0.141 e. The molecule has 0 fully saturated rings. The molecular weight excluding hydrogens is 272 g/mol. The van der Waals surface area contributed by atoms with E-state index in [1.807, 2.05) is 78.9 Å². The standard InChI is InChI=1S/C18H14N4/c19-22-21-18(15-9-3-1-4-10-15,16-11-5-2-6-12-16)17-13-7-8-14-20-17/h1-14H. The number of hydrogen-bond donors (Lipinski definition) is 0. The highest BCUT2D eigenvalue weighted by Crippen LogP contribution is 2.39. The summed E-state index contributed by atoms with van der Waals surface area (Å²) in [6.45, 7) is 0. The van der Waals surface area contributed by atoms with Crippen LogP contribution < -0.4 is 0 Å². The van der Waals surface area contributed by atoms with Gasteiger partial charge >= 0.3 is 0 Å². The summed E-state index contributed by atoms with van der Waals surface area (Å²) < 4.78 is 0. The van der Waals surface area contributed by atoms with Crippen molar-refractivity contribution in [2.24, 2.45) is 5.11 Å². The maximum absolute atomic E-state index is 9.22. The van der Waals surface area contributed by atoms with Crippen molar-refractivity contribution in [2.75, 3.05) is 0 Å². The first-order valence-electron chi connectivity index (χ1n) is 6.97. The molecule has 4 nitrogen and oxygen atoms in total. The lowest BCUT2D eigenvalue weighted by atomic mass is 9.80. The van der Waals surface area contributed by atoms with Gasteiger partial charge in [0.1, 0.15) is 5.54 Å². The third-order valence-corrected chi connectivity index (χ3v) is 3.61. The molecular formula is C18H14N4. The molecule has 0 amide bonds. The summed E-state index contributed by atoms with van der Waals surface area (Å²) in [6.07, 6.45) is 1.71. The second-order valence-corrected chi connectivity index (χ2v) is 4.85. The van der Waals surface area contributed by atoms with Gasteiger partial charge in [-0.25, -0.2) is 0 Å². The summed E-state index contributed by atoms with van der Waals surface area (Å²) >= 11 is 0. The Morgan fingerprint density at radius 2 is 1.32 bits per heavy atom.